The number of para-hydroxylation sites is 1. The molecule has 1 fully saturated rings. The van der Waals surface area contributed by atoms with E-state index in [4.69, 9.17) is 9.47 Å². The van der Waals surface area contributed by atoms with E-state index in [0.29, 0.717) is 38.4 Å². The molecule has 1 aromatic carbocycles. The van der Waals surface area contributed by atoms with E-state index in [2.05, 4.69) is 9.88 Å². The molecule has 1 aliphatic rings. The average molecular weight is 424 g/mol. The van der Waals surface area contributed by atoms with E-state index in [1.165, 1.54) is 0 Å². The van der Waals surface area contributed by atoms with Gasteiger partial charge in [-0.1, -0.05) is 18.2 Å². The van der Waals surface area contributed by atoms with E-state index in [1.54, 1.807) is 25.3 Å². The molecule has 164 valence electrons. The number of esters is 1. The van der Waals surface area contributed by atoms with Gasteiger partial charge < -0.3 is 19.3 Å². The van der Waals surface area contributed by atoms with Gasteiger partial charge in [-0.25, -0.2) is 9.78 Å². The van der Waals surface area contributed by atoms with Gasteiger partial charge in [0.1, 0.15) is 11.6 Å². The normalized spacial score (nSPS) is 14.4. The van der Waals surface area contributed by atoms with Gasteiger partial charge in [0.2, 0.25) is 5.91 Å². The predicted molar refractivity (Wildman–Crippen MR) is 120 cm³/mol. The first-order valence-electron chi connectivity index (χ1n) is 10.7. The van der Waals surface area contributed by atoms with Crippen molar-refractivity contribution in [1.82, 2.24) is 9.88 Å². The molecule has 2 aromatic rings. The largest absolute Gasteiger partial charge is 0.493 e. The van der Waals surface area contributed by atoms with Crippen molar-refractivity contribution in [3.8, 4) is 5.75 Å². The van der Waals surface area contributed by atoms with Crippen molar-refractivity contribution in [3.63, 3.8) is 0 Å². The molecule has 7 heteroatoms. The smallest absolute Gasteiger partial charge is 0.339 e. The number of carbonyl (C=O) groups is 2. The van der Waals surface area contributed by atoms with Gasteiger partial charge >= 0.3 is 5.97 Å². The van der Waals surface area contributed by atoms with Crippen LogP contribution in [-0.4, -0.2) is 61.2 Å². The number of benzene rings is 1. The first kappa shape index (κ1) is 22.3. The van der Waals surface area contributed by atoms with Crippen LogP contribution in [0.5, 0.6) is 5.75 Å². The fourth-order valence-corrected chi connectivity index (χ4v) is 3.45. The van der Waals surface area contributed by atoms with Gasteiger partial charge in [0, 0.05) is 44.0 Å². The van der Waals surface area contributed by atoms with Crippen molar-refractivity contribution in [2.45, 2.75) is 20.3 Å². The van der Waals surface area contributed by atoms with Crippen LogP contribution in [0.25, 0.3) is 6.08 Å². The van der Waals surface area contributed by atoms with Gasteiger partial charge in [-0.15, -0.1) is 0 Å². The van der Waals surface area contributed by atoms with Gasteiger partial charge in [0.25, 0.3) is 0 Å². The second-order valence-electron chi connectivity index (χ2n) is 7.10. The Kier molecular flexibility index (Phi) is 8.04. The number of hydrogen-bond acceptors (Lipinski definition) is 6. The zero-order chi connectivity index (χ0) is 22.1. The molecule has 1 saturated heterocycles. The summed E-state index contributed by atoms with van der Waals surface area (Å²) in [6.07, 6.45) is 5.81. The molecule has 3 rings (SSSR count). The van der Waals surface area contributed by atoms with Gasteiger partial charge in [0.05, 0.1) is 18.8 Å². The van der Waals surface area contributed by atoms with Gasteiger partial charge in [-0.3, -0.25) is 4.79 Å². The lowest BCUT2D eigenvalue weighted by atomic mass is 10.2. The summed E-state index contributed by atoms with van der Waals surface area (Å²) in [6, 6.07) is 11.2. The fraction of sp³-hybridized carbons (Fsp3) is 0.375. The highest BCUT2D eigenvalue weighted by Crippen LogP contribution is 2.20. The van der Waals surface area contributed by atoms with Crippen molar-refractivity contribution < 1.29 is 19.1 Å². The number of aromatic nitrogens is 1. The molecule has 0 atom stereocenters. The lowest BCUT2D eigenvalue weighted by Gasteiger charge is -2.22. The monoisotopic (exact) mass is 423 g/mol. The van der Waals surface area contributed by atoms with E-state index >= 15 is 0 Å². The lowest BCUT2D eigenvalue weighted by molar-refractivity contribution is -0.125. The molecular weight excluding hydrogens is 394 g/mol. The molecule has 1 aromatic heterocycles. The summed E-state index contributed by atoms with van der Waals surface area (Å²) in [5.74, 6) is 1.18. The highest BCUT2D eigenvalue weighted by atomic mass is 16.5. The summed E-state index contributed by atoms with van der Waals surface area (Å²) in [5, 5.41) is 0. The van der Waals surface area contributed by atoms with E-state index in [9.17, 15) is 9.59 Å². The van der Waals surface area contributed by atoms with Crippen LogP contribution in [0, 0.1) is 0 Å². The average Bonchev–Trinajstić information content (AvgIpc) is 3.05. The quantitative estimate of drug-likeness (QED) is 0.502. The number of amides is 1. The lowest BCUT2D eigenvalue weighted by Crippen LogP contribution is -2.34. The minimum atomic E-state index is -0.369. The van der Waals surface area contributed by atoms with E-state index in [1.807, 2.05) is 48.2 Å². The summed E-state index contributed by atoms with van der Waals surface area (Å²) in [6.45, 7) is 7.40. The number of ether oxygens (including phenoxy) is 2. The molecule has 0 unspecified atom stereocenters. The van der Waals surface area contributed by atoms with Crippen LogP contribution < -0.4 is 9.64 Å². The molecule has 0 radical (unpaired) electrons. The van der Waals surface area contributed by atoms with Crippen molar-refractivity contribution in [2.75, 3.05) is 44.3 Å². The highest BCUT2D eigenvalue weighted by molar-refractivity contribution is 5.92. The molecule has 1 amide bonds. The standard InChI is InChI=1S/C24H29N3O4/c1-3-30-21-9-6-5-8-19(21)11-13-23(28)27-15-7-14-26(16-17-27)22-12-10-20(18-25-22)24(29)31-4-2/h5-6,8-13,18H,3-4,7,14-17H2,1-2H3/b13-11+. The molecule has 0 spiro atoms. The summed E-state index contributed by atoms with van der Waals surface area (Å²) >= 11 is 0. The molecular formula is C24H29N3O4. The first-order valence-corrected chi connectivity index (χ1v) is 10.7. The van der Waals surface area contributed by atoms with E-state index in [-0.39, 0.29) is 11.9 Å². The number of carbonyl (C=O) groups excluding carboxylic acids is 2. The minimum absolute atomic E-state index is 0.0150. The van der Waals surface area contributed by atoms with Crippen molar-refractivity contribution in [3.05, 3.63) is 59.8 Å². The zero-order valence-corrected chi connectivity index (χ0v) is 18.1. The molecule has 1 aliphatic heterocycles. The topological polar surface area (TPSA) is 72.0 Å². The van der Waals surface area contributed by atoms with Crippen LogP contribution in [-0.2, 0) is 9.53 Å². The van der Waals surface area contributed by atoms with E-state index < -0.39 is 0 Å². The van der Waals surface area contributed by atoms with Crippen LogP contribution in [0.3, 0.4) is 0 Å². The van der Waals surface area contributed by atoms with Crippen LogP contribution in [0.4, 0.5) is 5.82 Å². The second-order valence-corrected chi connectivity index (χ2v) is 7.10. The maximum Gasteiger partial charge on any atom is 0.339 e. The van der Waals surface area contributed by atoms with Crippen LogP contribution in [0.2, 0.25) is 0 Å². The Morgan fingerprint density at radius 3 is 2.61 bits per heavy atom. The predicted octanol–water partition coefficient (Wildman–Crippen LogP) is 3.41. The number of hydrogen-bond donors (Lipinski definition) is 0. The Morgan fingerprint density at radius 1 is 1.03 bits per heavy atom. The number of nitrogens with zero attached hydrogens (tertiary/aromatic N) is 3. The Hall–Kier alpha value is -3.35. The van der Waals surface area contributed by atoms with Gasteiger partial charge in [0.15, 0.2) is 0 Å². The Morgan fingerprint density at radius 2 is 1.87 bits per heavy atom. The molecule has 0 aliphatic carbocycles. The molecule has 2 heterocycles. The Labute approximate surface area is 183 Å². The van der Waals surface area contributed by atoms with E-state index in [0.717, 1.165) is 30.1 Å². The van der Waals surface area contributed by atoms with Gasteiger partial charge in [-0.05, 0) is 44.5 Å². The zero-order valence-electron chi connectivity index (χ0n) is 18.1. The summed E-state index contributed by atoms with van der Waals surface area (Å²) < 4.78 is 10.6. The third-order valence-electron chi connectivity index (χ3n) is 5.01. The third kappa shape index (κ3) is 6.07. The highest BCUT2D eigenvalue weighted by Gasteiger charge is 2.19. The third-order valence-corrected chi connectivity index (χ3v) is 5.01. The van der Waals surface area contributed by atoms with Crippen LogP contribution >= 0.6 is 0 Å². The maximum absolute atomic E-state index is 12.7. The van der Waals surface area contributed by atoms with Crippen LogP contribution in [0.1, 0.15) is 36.2 Å². The van der Waals surface area contributed by atoms with Crippen molar-refractivity contribution in [2.24, 2.45) is 0 Å². The number of rotatable bonds is 7. The first-order chi connectivity index (χ1) is 15.1. The minimum Gasteiger partial charge on any atom is -0.493 e. The molecule has 31 heavy (non-hydrogen) atoms. The fourth-order valence-electron chi connectivity index (χ4n) is 3.45. The molecule has 0 bridgehead atoms. The molecule has 7 nitrogen and oxygen atoms in total. The Bertz CT molecular complexity index is 911. The number of pyridine rings is 1. The maximum atomic E-state index is 12.7. The SMILES string of the molecule is CCOC(=O)c1ccc(N2CCCN(C(=O)/C=C/c3ccccc3OCC)CC2)nc1. The summed E-state index contributed by atoms with van der Waals surface area (Å²) in [4.78, 5) is 32.9. The van der Waals surface area contributed by atoms with Crippen LogP contribution in [0.15, 0.2) is 48.7 Å². The van der Waals surface area contributed by atoms with Gasteiger partial charge in [-0.2, -0.15) is 0 Å². The Balaban J connectivity index is 1.59. The summed E-state index contributed by atoms with van der Waals surface area (Å²) in [5.41, 5.74) is 1.33. The summed E-state index contributed by atoms with van der Waals surface area (Å²) in [7, 11) is 0. The number of anilines is 1. The van der Waals surface area contributed by atoms with Crippen molar-refractivity contribution >= 4 is 23.8 Å². The van der Waals surface area contributed by atoms with Crippen molar-refractivity contribution in [1.29, 1.82) is 0 Å². The molecule has 0 saturated carbocycles. The second kappa shape index (κ2) is 11.2. The molecule has 0 N–H and O–H groups in total.